The molecule has 0 spiro atoms. The molecule has 5 nitrogen and oxygen atoms in total. The highest BCUT2D eigenvalue weighted by atomic mass is 32.2. The Morgan fingerprint density at radius 2 is 2.30 bits per heavy atom. The van der Waals surface area contributed by atoms with E-state index in [9.17, 15) is 8.42 Å². The zero-order valence-electron chi connectivity index (χ0n) is 12.1. The summed E-state index contributed by atoms with van der Waals surface area (Å²) in [6.45, 7) is 7.00. The van der Waals surface area contributed by atoms with Gasteiger partial charge in [0.1, 0.15) is 4.90 Å². The number of thiophene rings is 1. The van der Waals surface area contributed by atoms with Crippen molar-refractivity contribution in [1.29, 1.82) is 0 Å². The third kappa shape index (κ3) is 3.40. The summed E-state index contributed by atoms with van der Waals surface area (Å²) in [6.07, 6.45) is 1.93. The van der Waals surface area contributed by atoms with Gasteiger partial charge in [0.05, 0.1) is 0 Å². The Labute approximate surface area is 125 Å². The van der Waals surface area contributed by atoms with Gasteiger partial charge in [-0.15, -0.1) is 11.3 Å². The number of aryl methyl sites for hydroxylation is 1. The molecule has 0 aliphatic carbocycles. The first kappa shape index (κ1) is 15.9. The van der Waals surface area contributed by atoms with Gasteiger partial charge in [-0.25, -0.2) is 13.1 Å². The molecule has 0 radical (unpaired) electrons. The van der Waals surface area contributed by atoms with E-state index in [1.165, 1.54) is 11.3 Å². The molecule has 1 aromatic rings. The highest BCUT2D eigenvalue weighted by molar-refractivity contribution is 7.89. The summed E-state index contributed by atoms with van der Waals surface area (Å²) in [4.78, 5) is 3.40. The lowest BCUT2D eigenvalue weighted by atomic mass is 10.1. The van der Waals surface area contributed by atoms with Crippen molar-refractivity contribution in [3.8, 4) is 0 Å². The van der Waals surface area contributed by atoms with Crippen LogP contribution in [0, 0.1) is 6.92 Å². The van der Waals surface area contributed by atoms with Gasteiger partial charge in [0.25, 0.3) is 0 Å². The first-order valence-corrected chi connectivity index (χ1v) is 9.36. The Morgan fingerprint density at radius 1 is 1.55 bits per heavy atom. The van der Waals surface area contributed by atoms with E-state index in [2.05, 4.69) is 16.5 Å². The lowest BCUT2D eigenvalue weighted by molar-refractivity contribution is 0.211. The van der Waals surface area contributed by atoms with Crippen molar-refractivity contribution < 1.29 is 8.42 Å². The second-order valence-corrected chi connectivity index (χ2v) is 7.84. The number of hydrogen-bond acceptors (Lipinski definition) is 5. The van der Waals surface area contributed by atoms with Gasteiger partial charge in [0.2, 0.25) is 10.0 Å². The van der Waals surface area contributed by atoms with Crippen LogP contribution >= 0.6 is 11.3 Å². The molecule has 0 bridgehead atoms. The van der Waals surface area contributed by atoms with Crippen molar-refractivity contribution >= 4 is 21.4 Å². The van der Waals surface area contributed by atoms with Gasteiger partial charge in [-0.2, -0.15) is 0 Å². The maximum atomic E-state index is 12.6. The Hall–Kier alpha value is -0.470. The third-order valence-electron chi connectivity index (χ3n) is 3.72. The highest BCUT2D eigenvalue weighted by Crippen LogP contribution is 2.27. The Balaban J connectivity index is 2.16. The molecule has 1 aliphatic heterocycles. The molecule has 0 amide bonds. The van der Waals surface area contributed by atoms with Gasteiger partial charge in [-0.05, 0) is 43.8 Å². The summed E-state index contributed by atoms with van der Waals surface area (Å²) < 4.78 is 28.0. The topological polar surface area (TPSA) is 75.4 Å². The van der Waals surface area contributed by atoms with Crippen molar-refractivity contribution in [1.82, 2.24) is 9.62 Å². The normalized spacial score (nSPS) is 21.2. The molecule has 114 valence electrons. The minimum atomic E-state index is -3.47. The molecular weight excluding hydrogens is 294 g/mol. The van der Waals surface area contributed by atoms with E-state index in [1.807, 2.05) is 12.3 Å². The van der Waals surface area contributed by atoms with Gasteiger partial charge in [-0.1, -0.05) is 6.92 Å². The van der Waals surface area contributed by atoms with Crippen molar-refractivity contribution in [3.05, 3.63) is 15.8 Å². The van der Waals surface area contributed by atoms with Crippen LogP contribution in [0.2, 0.25) is 0 Å². The van der Waals surface area contributed by atoms with Crippen LogP contribution in [0.25, 0.3) is 0 Å². The largest absolute Gasteiger partial charge is 0.326 e. The van der Waals surface area contributed by atoms with Gasteiger partial charge >= 0.3 is 0 Å². The average Bonchev–Trinajstić information content (AvgIpc) is 2.80. The maximum absolute atomic E-state index is 12.6. The quantitative estimate of drug-likeness (QED) is 0.858. The summed E-state index contributed by atoms with van der Waals surface area (Å²) in [5.74, 6) is 0. The summed E-state index contributed by atoms with van der Waals surface area (Å²) >= 11 is 1.42. The lowest BCUT2D eigenvalue weighted by Gasteiger charge is -2.32. The van der Waals surface area contributed by atoms with Gasteiger partial charge < -0.3 is 10.6 Å². The van der Waals surface area contributed by atoms with Crippen LogP contribution in [-0.2, 0) is 16.6 Å². The molecule has 1 aliphatic rings. The summed E-state index contributed by atoms with van der Waals surface area (Å²) in [5.41, 5.74) is 6.43. The molecule has 0 saturated carbocycles. The minimum Gasteiger partial charge on any atom is -0.326 e. The summed E-state index contributed by atoms with van der Waals surface area (Å²) in [5, 5.41) is 1.86. The average molecular weight is 317 g/mol. The molecule has 2 heterocycles. The monoisotopic (exact) mass is 317 g/mol. The van der Waals surface area contributed by atoms with E-state index in [0.717, 1.165) is 42.9 Å². The van der Waals surface area contributed by atoms with Crippen LogP contribution in [0.15, 0.2) is 10.3 Å². The number of nitrogens with one attached hydrogen (secondary N) is 1. The van der Waals surface area contributed by atoms with E-state index in [-0.39, 0.29) is 12.6 Å². The number of sulfonamides is 1. The maximum Gasteiger partial charge on any atom is 0.242 e. The Kier molecular flexibility index (Phi) is 5.19. The highest BCUT2D eigenvalue weighted by Gasteiger charge is 2.28. The van der Waals surface area contributed by atoms with E-state index >= 15 is 0 Å². The third-order valence-corrected chi connectivity index (χ3v) is 6.72. The molecule has 3 N–H and O–H groups in total. The van der Waals surface area contributed by atoms with Crippen LogP contribution in [0.4, 0.5) is 0 Å². The number of likely N-dealkylation sites (N-methyl/N-ethyl adjacent to an activating group) is 1. The SMILES string of the molecule is CCN1CCCC(NS(=O)(=O)c2c(C)csc2CN)C1. The molecule has 1 aromatic heterocycles. The van der Waals surface area contributed by atoms with Crippen molar-refractivity contribution in [2.24, 2.45) is 5.73 Å². The molecule has 2 rings (SSSR count). The predicted molar refractivity (Wildman–Crippen MR) is 82.4 cm³/mol. The molecule has 1 atom stereocenters. The number of nitrogens with two attached hydrogens (primary N) is 1. The van der Waals surface area contributed by atoms with E-state index < -0.39 is 10.0 Å². The van der Waals surface area contributed by atoms with Gasteiger partial charge in [-0.3, -0.25) is 0 Å². The molecule has 20 heavy (non-hydrogen) atoms. The molecule has 1 saturated heterocycles. The molecule has 0 aromatic carbocycles. The van der Waals surface area contributed by atoms with E-state index in [4.69, 9.17) is 5.73 Å². The minimum absolute atomic E-state index is 0.00127. The zero-order chi connectivity index (χ0) is 14.8. The first-order valence-electron chi connectivity index (χ1n) is 6.99. The van der Waals surface area contributed by atoms with Crippen molar-refractivity contribution in [3.63, 3.8) is 0 Å². The fourth-order valence-electron chi connectivity index (χ4n) is 2.71. The number of nitrogens with zero attached hydrogens (tertiary/aromatic N) is 1. The number of hydrogen-bond donors (Lipinski definition) is 2. The zero-order valence-corrected chi connectivity index (χ0v) is 13.7. The number of piperidine rings is 1. The standard InChI is InChI=1S/C13H23N3O2S2/c1-3-16-6-4-5-11(8-16)15-20(17,18)13-10(2)9-19-12(13)7-14/h9,11,15H,3-8,14H2,1-2H3. The van der Waals surface area contributed by atoms with Crippen molar-refractivity contribution in [2.75, 3.05) is 19.6 Å². The van der Waals surface area contributed by atoms with Crippen LogP contribution in [-0.4, -0.2) is 39.0 Å². The molecule has 1 unspecified atom stereocenters. The number of likely N-dealkylation sites (tertiary alicyclic amines) is 1. The van der Waals surface area contributed by atoms with Gasteiger partial charge in [0, 0.05) is 24.0 Å². The van der Waals surface area contributed by atoms with E-state index in [0.29, 0.717) is 4.90 Å². The Bertz CT molecular complexity index is 554. The van der Waals surface area contributed by atoms with E-state index in [1.54, 1.807) is 0 Å². The van der Waals surface area contributed by atoms with Crippen LogP contribution in [0.1, 0.15) is 30.2 Å². The smallest absolute Gasteiger partial charge is 0.242 e. The first-order chi connectivity index (χ1) is 9.47. The lowest BCUT2D eigenvalue weighted by Crippen LogP contribution is -2.47. The second kappa shape index (κ2) is 6.53. The van der Waals surface area contributed by atoms with Crippen LogP contribution in [0.5, 0.6) is 0 Å². The fraction of sp³-hybridized carbons (Fsp3) is 0.692. The van der Waals surface area contributed by atoms with Crippen LogP contribution in [0.3, 0.4) is 0 Å². The Morgan fingerprint density at radius 3 is 2.95 bits per heavy atom. The summed E-state index contributed by atoms with van der Waals surface area (Å²) in [7, 11) is -3.47. The van der Waals surface area contributed by atoms with Crippen LogP contribution < -0.4 is 10.5 Å². The predicted octanol–water partition coefficient (Wildman–Crippen LogP) is 1.28. The summed E-state index contributed by atoms with van der Waals surface area (Å²) in [6, 6.07) is -0.00127. The molecule has 1 fully saturated rings. The van der Waals surface area contributed by atoms with Crippen molar-refractivity contribution in [2.45, 2.75) is 44.2 Å². The fourth-order valence-corrected chi connectivity index (χ4v) is 5.67. The molecular formula is C13H23N3O2S2. The number of rotatable bonds is 5. The second-order valence-electron chi connectivity index (χ2n) is 5.23. The van der Waals surface area contributed by atoms with Gasteiger partial charge in [0.15, 0.2) is 0 Å². The molecule has 7 heteroatoms.